The van der Waals surface area contributed by atoms with Gasteiger partial charge in [0.05, 0.1) is 0 Å². The second-order valence-corrected chi connectivity index (χ2v) is 3.03. The summed E-state index contributed by atoms with van der Waals surface area (Å²) in [5.41, 5.74) is 0. The van der Waals surface area contributed by atoms with Gasteiger partial charge in [-0.2, -0.15) is 0 Å². The fraction of sp³-hybridized carbons (Fsp3) is 0.556. The van der Waals surface area contributed by atoms with Crippen molar-refractivity contribution >= 4 is 0 Å². The smallest absolute Gasteiger partial charge is 0.0167 e. The SMILES string of the molecule is C1=CC2CCC[C@@H]2C=C1. The minimum absolute atomic E-state index is 0.898. The predicted octanol–water partition coefficient (Wildman–Crippen LogP) is 2.53. The van der Waals surface area contributed by atoms with E-state index in [2.05, 4.69) is 24.3 Å². The lowest BCUT2D eigenvalue weighted by Crippen LogP contribution is -2.03. The summed E-state index contributed by atoms with van der Waals surface area (Å²) in [6.07, 6.45) is 13.4. The Balaban J connectivity index is 2.18. The van der Waals surface area contributed by atoms with Crippen molar-refractivity contribution in [2.75, 3.05) is 0 Å². The summed E-state index contributed by atoms with van der Waals surface area (Å²) in [6.45, 7) is 0. The van der Waals surface area contributed by atoms with Crippen LogP contribution in [0.1, 0.15) is 19.3 Å². The molecular weight excluding hydrogens is 108 g/mol. The Hall–Kier alpha value is -0.520. The molecule has 0 N–H and O–H groups in total. The van der Waals surface area contributed by atoms with Crippen molar-refractivity contribution in [3.63, 3.8) is 0 Å². The lowest BCUT2D eigenvalue weighted by molar-refractivity contribution is 0.552. The van der Waals surface area contributed by atoms with Gasteiger partial charge in [-0.05, 0) is 24.7 Å². The molecule has 0 radical (unpaired) electrons. The summed E-state index contributed by atoms with van der Waals surface area (Å²) in [5, 5.41) is 0. The minimum Gasteiger partial charge on any atom is -0.0808 e. The Morgan fingerprint density at radius 2 is 1.44 bits per heavy atom. The maximum atomic E-state index is 2.36. The molecule has 1 fully saturated rings. The molecule has 0 bridgehead atoms. The largest absolute Gasteiger partial charge is 0.0808 e. The third-order valence-corrected chi connectivity index (χ3v) is 2.45. The molecule has 0 heteroatoms. The maximum absolute atomic E-state index is 2.36. The number of rotatable bonds is 0. The van der Waals surface area contributed by atoms with Crippen LogP contribution in [0.4, 0.5) is 0 Å². The van der Waals surface area contributed by atoms with Gasteiger partial charge in [0.15, 0.2) is 0 Å². The van der Waals surface area contributed by atoms with Crippen molar-refractivity contribution in [2.45, 2.75) is 19.3 Å². The third-order valence-electron chi connectivity index (χ3n) is 2.45. The monoisotopic (exact) mass is 120 g/mol. The second-order valence-electron chi connectivity index (χ2n) is 3.03. The Morgan fingerprint density at radius 1 is 0.889 bits per heavy atom. The molecule has 0 aromatic rings. The van der Waals surface area contributed by atoms with Gasteiger partial charge in [0, 0.05) is 0 Å². The fourth-order valence-electron chi connectivity index (χ4n) is 1.91. The predicted molar refractivity (Wildman–Crippen MR) is 39.1 cm³/mol. The lowest BCUT2D eigenvalue weighted by Gasteiger charge is -2.13. The van der Waals surface area contributed by atoms with Gasteiger partial charge in [0.1, 0.15) is 0 Å². The summed E-state index contributed by atoms with van der Waals surface area (Å²) in [5.74, 6) is 1.80. The summed E-state index contributed by atoms with van der Waals surface area (Å²) in [7, 11) is 0. The molecular formula is C9H12. The van der Waals surface area contributed by atoms with E-state index in [1.165, 1.54) is 19.3 Å². The van der Waals surface area contributed by atoms with Gasteiger partial charge in [-0.3, -0.25) is 0 Å². The lowest BCUT2D eigenvalue weighted by atomic mass is 9.92. The first-order valence-electron chi connectivity index (χ1n) is 3.82. The maximum Gasteiger partial charge on any atom is -0.0167 e. The molecule has 2 rings (SSSR count). The van der Waals surface area contributed by atoms with Crippen LogP contribution < -0.4 is 0 Å². The molecule has 9 heavy (non-hydrogen) atoms. The Kier molecular flexibility index (Phi) is 1.18. The van der Waals surface area contributed by atoms with E-state index < -0.39 is 0 Å². The van der Waals surface area contributed by atoms with Crippen molar-refractivity contribution in [3.8, 4) is 0 Å². The molecule has 0 amide bonds. The van der Waals surface area contributed by atoms with Crippen LogP contribution in [0.15, 0.2) is 24.3 Å². The van der Waals surface area contributed by atoms with Gasteiger partial charge in [0.2, 0.25) is 0 Å². The van der Waals surface area contributed by atoms with Crippen LogP contribution in [0.25, 0.3) is 0 Å². The normalized spacial score (nSPS) is 39.1. The van der Waals surface area contributed by atoms with Crippen molar-refractivity contribution in [3.05, 3.63) is 24.3 Å². The average Bonchev–Trinajstić information content (AvgIpc) is 2.33. The van der Waals surface area contributed by atoms with Gasteiger partial charge in [0.25, 0.3) is 0 Å². The van der Waals surface area contributed by atoms with Crippen molar-refractivity contribution in [1.29, 1.82) is 0 Å². The van der Waals surface area contributed by atoms with Crippen LogP contribution in [-0.2, 0) is 0 Å². The molecule has 1 unspecified atom stereocenters. The highest BCUT2D eigenvalue weighted by atomic mass is 14.3. The third kappa shape index (κ3) is 0.827. The van der Waals surface area contributed by atoms with Gasteiger partial charge in [-0.1, -0.05) is 30.7 Å². The van der Waals surface area contributed by atoms with Gasteiger partial charge < -0.3 is 0 Å². The first-order chi connectivity index (χ1) is 4.47. The molecule has 0 aliphatic heterocycles. The van der Waals surface area contributed by atoms with E-state index in [0.29, 0.717) is 0 Å². The number of fused-ring (bicyclic) bond motifs is 1. The highest BCUT2D eigenvalue weighted by Crippen LogP contribution is 2.35. The summed E-state index contributed by atoms with van der Waals surface area (Å²) in [4.78, 5) is 0. The molecule has 1 saturated carbocycles. The number of hydrogen-bond donors (Lipinski definition) is 0. The fourth-order valence-corrected chi connectivity index (χ4v) is 1.91. The first kappa shape index (κ1) is 5.28. The summed E-state index contributed by atoms with van der Waals surface area (Å²) >= 11 is 0. The van der Waals surface area contributed by atoms with Crippen molar-refractivity contribution in [1.82, 2.24) is 0 Å². The zero-order valence-corrected chi connectivity index (χ0v) is 5.59. The Labute approximate surface area is 56.3 Å². The van der Waals surface area contributed by atoms with E-state index in [1.807, 2.05) is 0 Å². The minimum atomic E-state index is 0.898. The van der Waals surface area contributed by atoms with Crippen molar-refractivity contribution in [2.24, 2.45) is 11.8 Å². The van der Waals surface area contributed by atoms with Crippen molar-refractivity contribution < 1.29 is 0 Å². The molecule has 0 spiro atoms. The molecule has 0 aromatic carbocycles. The molecule has 48 valence electrons. The summed E-state index contributed by atoms with van der Waals surface area (Å²) < 4.78 is 0. The van der Waals surface area contributed by atoms with E-state index in [9.17, 15) is 0 Å². The Morgan fingerprint density at radius 3 is 2.00 bits per heavy atom. The van der Waals surface area contributed by atoms with Crippen LogP contribution in [0.2, 0.25) is 0 Å². The molecule has 2 atom stereocenters. The van der Waals surface area contributed by atoms with Crippen LogP contribution in [0.3, 0.4) is 0 Å². The van der Waals surface area contributed by atoms with Gasteiger partial charge in [-0.15, -0.1) is 0 Å². The zero-order valence-electron chi connectivity index (χ0n) is 5.59. The molecule has 0 aromatic heterocycles. The second kappa shape index (κ2) is 2.02. The quantitative estimate of drug-likeness (QED) is 0.461. The van der Waals surface area contributed by atoms with E-state index in [0.717, 1.165) is 11.8 Å². The van der Waals surface area contributed by atoms with Crippen LogP contribution in [-0.4, -0.2) is 0 Å². The van der Waals surface area contributed by atoms with E-state index in [-0.39, 0.29) is 0 Å². The molecule has 0 saturated heterocycles. The molecule has 0 nitrogen and oxygen atoms in total. The number of allylic oxidation sites excluding steroid dienone is 4. The summed E-state index contributed by atoms with van der Waals surface area (Å²) in [6, 6.07) is 0. The number of hydrogen-bond acceptors (Lipinski definition) is 0. The molecule has 2 aliphatic rings. The molecule has 2 aliphatic carbocycles. The highest BCUT2D eigenvalue weighted by molar-refractivity contribution is 5.15. The van der Waals surface area contributed by atoms with E-state index >= 15 is 0 Å². The van der Waals surface area contributed by atoms with Gasteiger partial charge >= 0.3 is 0 Å². The van der Waals surface area contributed by atoms with E-state index in [1.54, 1.807) is 0 Å². The van der Waals surface area contributed by atoms with Crippen LogP contribution in [0, 0.1) is 11.8 Å². The molecule has 0 heterocycles. The Bertz CT molecular complexity index is 135. The van der Waals surface area contributed by atoms with Gasteiger partial charge in [-0.25, -0.2) is 0 Å². The average molecular weight is 120 g/mol. The van der Waals surface area contributed by atoms with Crippen LogP contribution in [0.5, 0.6) is 0 Å². The van der Waals surface area contributed by atoms with E-state index in [4.69, 9.17) is 0 Å². The highest BCUT2D eigenvalue weighted by Gasteiger charge is 2.23. The topological polar surface area (TPSA) is 0 Å². The first-order valence-corrected chi connectivity index (χ1v) is 3.82. The van der Waals surface area contributed by atoms with Crippen LogP contribution >= 0.6 is 0 Å². The standard InChI is InChI=1S/C9H12/c1-2-5-9-7-3-6-8(9)4-1/h1-2,4-5,8-9H,3,6-7H2/t8-,9?/m0/s1. The zero-order chi connectivity index (χ0) is 6.10.